The predicted octanol–water partition coefficient (Wildman–Crippen LogP) is 3.28. The fourth-order valence-electron chi connectivity index (χ4n) is 4.32. The molecule has 2 aromatic carbocycles. The van der Waals surface area contributed by atoms with Crippen LogP contribution in [0.4, 0.5) is 0 Å². The minimum atomic E-state index is -0.775. The van der Waals surface area contributed by atoms with Crippen LogP contribution in [0.2, 0.25) is 0 Å². The number of nitrogens with zero attached hydrogens (tertiary/aromatic N) is 5. The molecular weight excluding hydrogens is 444 g/mol. The molecule has 1 aliphatic rings. The Bertz CT molecular complexity index is 1490. The number of methoxy groups -OCH3 is 1. The number of benzene rings is 2. The lowest BCUT2D eigenvalue weighted by Gasteiger charge is -2.30. The van der Waals surface area contributed by atoms with Gasteiger partial charge in [-0.3, -0.25) is 9.48 Å². The zero-order valence-electron chi connectivity index (χ0n) is 19.7. The van der Waals surface area contributed by atoms with Gasteiger partial charge in [-0.25, -0.2) is 0 Å². The quantitative estimate of drug-likeness (QED) is 0.478. The summed E-state index contributed by atoms with van der Waals surface area (Å²) in [5, 5.41) is 26.3. The number of carbonyl (C=O) groups excluding carboxylic acids is 1. The molecule has 35 heavy (non-hydrogen) atoms. The van der Waals surface area contributed by atoms with Crippen LogP contribution in [-0.4, -0.2) is 39.6 Å². The van der Waals surface area contributed by atoms with Crippen LogP contribution in [0.15, 0.2) is 48.7 Å². The van der Waals surface area contributed by atoms with Crippen molar-refractivity contribution in [2.75, 3.05) is 13.7 Å². The summed E-state index contributed by atoms with van der Waals surface area (Å²) in [6, 6.07) is 15.5. The number of nitrogens with one attached hydrogen (secondary N) is 1. The highest BCUT2D eigenvalue weighted by atomic mass is 16.5. The number of amides is 1. The van der Waals surface area contributed by atoms with E-state index in [1.54, 1.807) is 23.9 Å². The minimum Gasteiger partial charge on any atom is -0.479 e. The topological polar surface area (TPSA) is 115 Å². The number of rotatable bonds is 5. The van der Waals surface area contributed by atoms with E-state index >= 15 is 0 Å². The highest BCUT2D eigenvalue weighted by Gasteiger charge is 2.33. The first-order valence-corrected chi connectivity index (χ1v) is 11.1. The van der Waals surface area contributed by atoms with Gasteiger partial charge >= 0.3 is 0 Å². The maximum absolute atomic E-state index is 12.9. The molecule has 0 fully saturated rings. The van der Waals surface area contributed by atoms with Crippen LogP contribution < -0.4 is 10.1 Å². The van der Waals surface area contributed by atoms with Gasteiger partial charge in [-0.1, -0.05) is 12.1 Å². The first-order valence-electron chi connectivity index (χ1n) is 11.1. The Hall–Kier alpha value is -4.29. The molecule has 1 amide bonds. The molecule has 0 radical (unpaired) electrons. The number of fused-ring (bicyclic) bond motifs is 2. The standard InChI is InChI=1S/C26H24N6O3/c1-26(14-27)15-35-13-18-5-4-17(10-22(18)26)24(33)28-11-20-9-19-8-16(6-7-23(19)30-29-20)21-12-32(2)31-25(21)34-3/h4-10,12H,11,13,15H2,1-3H3,(H,28,33)/t26-/m1/s1. The van der Waals surface area contributed by atoms with E-state index in [0.717, 1.165) is 33.2 Å². The van der Waals surface area contributed by atoms with Gasteiger partial charge in [0.1, 0.15) is 5.41 Å². The third kappa shape index (κ3) is 4.20. The summed E-state index contributed by atoms with van der Waals surface area (Å²) in [5.41, 5.74) is 4.69. The summed E-state index contributed by atoms with van der Waals surface area (Å²) in [6.45, 7) is 2.79. The number of aryl methyl sites for hydroxylation is 1. The van der Waals surface area contributed by atoms with Crippen LogP contribution in [0.5, 0.6) is 5.88 Å². The van der Waals surface area contributed by atoms with Crippen LogP contribution >= 0.6 is 0 Å². The van der Waals surface area contributed by atoms with Gasteiger partial charge in [-0.15, -0.1) is 5.10 Å². The molecule has 0 saturated carbocycles. The third-order valence-corrected chi connectivity index (χ3v) is 6.23. The van der Waals surface area contributed by atoms with Crippen molar-refractivity contribution in [3.8, 4) is 23.1 Å². The smallest absolute Gasteiger partial charge is 0.251 e. The largest absolute Gasteiger partial charge is 0.479 e. The maximum atomic E-state index is 12.9. The molecule has 9 nitrogen and oxygen atoms in total. The lowest BCUT2D eigenvalue weighted by Crippen LogP contribution is -2.33. The van der Waals surface area contributed by atoms with E-state index < -0.39 is 5.41 Å². The van der Waals surface area contributed by atoms with E-state index in [4.69, 9.17) is 9.47 Å². The Morgan fingerprint density at radius 2 is 2.11 bits per heavy atom. The Morgan fingerprint density at radius 1 is 1.26 bits per heavy atom. The van der Waals surface area contributed by atoms with Gasteiger partial charge in [0.2, 0.25) is 5.88 Å². The molecule has 3 heterocycles. The van der Waals surface area contributed by atoms with Crippen LogP contribution in [0.25, 0.3) is 22.0 Å². The van der Waals surface area contributed by atoms with Crippen LogP contribution in [0, 0.1) is 11.3 Å². The third-order valence-electron chi connectivity index (χ3n) is 6.23. The van der Waals surface area contributed by atoms with Gasteiger partial charge in [-0.2, -0.15) is 15.5 Å². The molecular formula is C26H24N6O3. The molecule has 0 bridgehead atoms. The highest BCUT2D eigenvalue weighted by Crippen LogP contribution is 2.33. The zero-order valence-corrected chi connectivity index (χ0v) is 19.7. The minimum absolute atomic E-state index is 0.220. The molecule has 9 heteroatoms. The first kappa shape index (κ1) is 22.5. The summed E-state index contributed by atoms with van der Waals surface area (Å²) < 4.78 is 12.6. The summed E-state index contributed by atoms with van der Waals surface area (Å²) >= 11 is 0. The summed E-state index contributed by atoms with van der Waals surface area (Å²) in [7, 11) is 3.44. The van der Waals surface area contributed by atoms with Crippen molar-refractivity contribution in [2.45, 2.75) is 25.5 Å². The summed E-state index contributed by atoms with van der Waals surface area (Å²) in [5.74, 6) is 0.306. The van der Waals surface area contributed by atoms with E-state index in [1.807, 2.05) is 50.5 Å². The SMILES string of the molecule is COc1nn(C)cc1-c1ccc2nnc(CNC(=O)c3ccc4c(c3)[C@](C)(C#N)COC4)cc2c1. The number of hydrogen-bond acceptors (Lipinski definition) is 7. The maximum Gasteiger partial charge on any atom is 0.251 e. The highest BCUT2D eigenvalue weighted by molar-refractivity contribution is 5.94. The van der Waals surface area contributed by atoms with E-state index in [1.165, 1.54) is 0 Å². The predicted molar refractivity (Wildman–Crippen MR) is 129 cm³/mol. The second-order valence-electron chi connectivity index (χ2n) is 8.83. The molecule has 0 spiro atoms. The van der Waals surface area contributed by atoms with Crippen molar-refractivity contribution in [3.63, 3.8) is 0 Å². The van der Waals surface area contributed by atoms with Crippen molar-refractivity contribution in [3.05, 3.63) is 71.0 Å². The summed E-state index contributed by atoms with van der Waals surface area (Å²) in [4.78, 5) is 12.9. The molecule has 1 atom stereocenters. The first-order chi connectivity index (χ1) is 16.9. The van der Waals surface area contributed by atoms with E-state index in [9.17, 15) is 10.1 Å². The fourth-order valence-corrected chi connectivity index (χ4v) is 4.32. The Morgan fingerprint density at radius 3 is 2.91 bits per heavy atom. The molecule has 0 saturated heterocycles. The molecule has 2 aromatic heterocycles. The average Bonchev–Trinajstić information content (AvgIpc) is 3.27. The average molecular weight is 469 g/mol. The Kier molecular flexibility index (Phi) is 5.67. The molecule has 4 aromatic rings. The Labute approximate surface area is 202 Å². The van der Waals surface area contributed by atoms with E-state index in [-0.39, 0.29) is 12.5 Å². The van der Waals surface area contributed by atoms with Crippen molar-refractivity contribution < 1.29 is 14.3 Å². The number of nitriles is 1. The molecule has 1 aliphatic heterocycles. The van der Waals surface area contributed by atoms with Crippen LogP contribution in [0.3, 0.4) is 0 Å². The second-order valence-corrected chi connectivity index (χ2v) is 8.83. The van der Waals surface area contributed by atoms with Crippen LogP contribution in [0.1, 0.15) is 34.1 Å². The summed E-state index contributed by atoms with van der Waals surface area (Å²) in [6.07, 6.45) is 1.90. The second kappa shape index (κ2) is 8.81. The van der Waals surface area contributed by atoms with E-state index in [2.05, 4.69) is 26.7 Å². The fraction of sp³-hybridized carbons (Fsp3) is 0.269. The number of hydrogen-bond donors (Lipinski definition) is 1. The lowest BCUT2D eigenvalue weighted by molar-refractivity contribution is 0.0757. The molecule has 1 N–H and O–H groups in total. The molecule has 0 unspecified atom stereocenters. The van der Waals surface area contributed by atoms with Crippen molar-refractivity contribution >= 4 is 16.8 Å². The van der Waals surface area contributed by atoms with Crippen molar-refractivity contribution in [2.24, 2.45) is 7.05 Å². The Balaban J connectivity index is 1.36. The molecule has 0 aliphatic carbocycles. The number of aromatic nitrogens is 4. The van der Waals surface area contributed by atoms with Crippen molar-refractivity contribution in [1.82, 2.24) is 25.3 Å². The normalized spacial score (nSPS) is 17.0. The van der Waals surface area contributed by atoms with Gasteiger partial charge < -0.3 is 14.8 Å². The van der Waals surface area contributed by atoms with Gasteiger partial charge in [0.05, 0.1) is 49.7 Å². The number of ether oxygens (including phenoxy) is 2. The van der Waals surface area contributed by atoms with Gasteiger partial charge in [0.25, 0.3) is 5.91 Å². The monoisotopic (exact) mass is 468 g/mol. The van der Waals surface area contributed by atoms with E-state index in [0.29, 0.717) is 30.4 Å². The zero-order chi connectivity index (χ0) is 24.6. The molecule has 5 rings (SSSR count). The van der Waals surface area contributed by atoms with Gasteiger partial charge in [0, 0.05) is 24.2 Å². The number of carbonyl (C=O) groups is 1. The lowest BCUT2D eigenvalue weighted by atomic mass is 9.79. The van der Waals surface area contributed by atoms with Crippen molar-refractivity contribution in [1.29, 1.82) is 5.26 Å². The van der Waals surface area contributed by atoms with Crippen LogP contribution in [-0.2, 0) is 30.4 Å². The molecule has 176 valence electrons. The van der Waals surface area contributed by atoms with Gasteiger partial charge in [0.15, 0.2) is 0 Å². The van der Waals surface area contributed by atoms with Gasteiger partial charge in [-0.05, 0) is 53.9 Å².